The van der Waals surface area contributed by atoms with Crippen molar-refractivity contribution in [3.63, 3.8) is 0 Å². The number of sulfonamides is 1. The summed E-state index contributed by atoms with van der Waals surface area (Å²) in [5.74, 6) is 0. The lowest BCUT2D eigenvalue weighted by atomic mass is 10.1. The first kappa shape index (κ1) is 20.6. The minimum atomic E-state index is -3.75. The van der Waals surface area contributed by atoms with Crippen molar-refractivity contribution in [1.29, 1.82) is 0 Å². The van der Waals surface area contributed by atoms with Gasteiger partial charge in [0, 0.05) is 16.4 Å². The van der Waals surface area contributed by atoms with Gasteiger partial charge in [-0.3, -0.25) is 4.31 Å². The molecular formula is C18H20BrCl2NO2S. The van der Waals surface area contributed by atoms with Gasteiger partial charge in [0.25, 0.3) is 10.0 Å². The predicted octanol–water partition coefficient (Wildman–Crippen LogP) is 6.14. The lowest BCUT2D eigenvalue weighted by Crippen LogP contribution is -2.39. The Kier molecular flexibility index (Phi) is 7.62. The zero-order valence-corrected chi connectivity index (χ0v) is 17.7. The Morgan fingerprint density at radius 2 is 1.76 bits per heavy atom. The molecule has 0 bridgehead atoms. The fourth-order valence-electron chi connectivity index (χ4n) is 2.62. The Morgan fingerprint density at radius 1 is 1.08 bits per heavy atom. The molecular weight excluding hydrogens is 445 g/mol. The normalized spacial score (nSPS) is 12.8. The highest BCUT2D eigenvalue weighted by molar-refractivity contribution is 9.09. The van der Waals surface area contributed by atoms with Crippen LogP contribution >= 0.6 is 39.1 Å². The molecule has 0 amide bonds. The number of nitrogens with zero attached hydrogens (tertiary/aromatic N) is 1. The van der Waals surface area contributed by atoms with Crippen LogP contribution in [-0.2, 0) is 10.0 Å². The summed E-state index contributed by atoms with van der Waals surface area (Å²) in [6.45, 7) is 1.89. The maximum atomic E-state index is 13.3. The van der Waals surface area contributed by atoms with E-state index in [2.05, 4.69) is 15.9 Å². The van der Waals surface area contributed by atoms with E-state index in [0.29, 0.717) is 15.7 Å². The largest absolute Gasteiger partial charge is 0.264 e. The number of anilines is 1. The number of benzene rings is 2. The molecule has 0 spiro atoms. The molecule has 0 N–H and O–H groups in total. The van der Waals surface area contributed by atoms with Crippen LogP contribution in [0.3, 0.4) is 0 Å². The van der Waals surface area contributed by atoms with Gasteiger partial charge < -0.3 is 0 Å². The summed E-state index contributed by atoms with van der Waals surface area (Å²) >= 11 is 15.8. The van der Waals surface area contributed by atoms with Crippen molar-refractivity contribution in [1.82, 2.24) is 0 Å². The fraction of sp³-hybridized carbons (Fsp3) is 0.333. The summed E-state index contributed by atoms with van der Waals surface area (Å²) in [6, 6.07) is 13.0. The minimum Gasteiger partial charge on any atom is -0.262 e. The smallest absolute Gasteiger partial charge is 0.262 e. The van der Waals surface area contributed by atoms with Crippen LogP contribution in [0.1, 0.15) is 26.2 Å². The van der Waals surface area contributed by atoms with Gasteiger partial charge in [0.2, 0.25) is 0 Å². The van der Waals surface area contributed by atoms with E-state index in [0.717, 1.165) is 24.6 Å². The summed E-state index contributed by atoms with van der Waals surface area (Å²) in [6.07, 6.45) is 2.61. The van der Waals surface area contributed by atoms with Gasteiger partial charge in [-0.15, -0.1) is 0 Å². The van der Waals surface area contributed by atoms with Crippen LogP contribution in [0.4, 0.5) is 5.69 Å². The van der Waals surface area contributed by atoms with E-state index >= 15 is 0 Å². The highest BCUT2D eigenvalue weighted by Crippen LogP contribution is 2.35. The second kappa shape index (κ2) is 9.26. The number of unbranched alkanes of at least 4 members (excludes halogenated alkanes) is 1. The lowest BCUT2D eigenvalue weighted by Gasteiger charge is -2.31. The van der Waals surface area contributed by atoms with Crippen molar-refractivity contribution >= 4 is 54.8 Å². The molecule has 25 heavy (non-hydrogen) atoms. The summed E-state index contributed by atoms with van der Waals surface area (Å²) in [4.78, 5) is 0.235. The van der Waals surface area contributed by atoms with Crippen molar-refractivity contribution in [2.24, 2.45) is 0 Å². The van der Waals surface area contributed by atoms with E-state index < -0.39 is 10.0 Å². The van der Waals surface area contributed by atoms with Gasteiger partial charge in [0.05, 0.1) is 15.6 Å². The minimum absolute atomic E-state index is 0.235. The van der Waals surface area contributed by atoms with Gasteiger partial charge in [-0.2, -0.15) is 0 Å². The quantitative estimate of drug-likeness (QED) is 0.347. The van der Waals surface area contributed by atoms with Gasteiger partial charge in [-0.25, -0.2) is 8.42 Å². The van der Waals surface area contributed by atoms with Crippen molar-refractivity contribution in [3.05, 3.63) is 58.6 Å². The van der Waals surface area contributed by atoms with Crippen LogP contribution < -0.4 is 4.31 Å². The van der Waals surface area contributed by atoms with E-state index in [1.807, 2.05) is 6.92 Å². The monoisotopic (exact) mass is 463 g/mol. The van der Waals surface area contributed by atoms with Crippen molar-refractivity contribution in [2.45, 2.75) is 37.1 Å². The Hall–Kier alpha value is -0.750. The topological polar surface area (TPSA) is 37.4 Å². The maximum Gasteiger partial charge on any atom is 0.264 e. The molecule has 1 unspecified atom stereocenters. The van der Waals surface area contributed by atoms with Crippen molar-refractivity contribution < 1.29 is 8.42 Å². The first-order chi connectivity index (χ1) is 11.9. The molecule has 0 fully saturated rings. The van der Waals surface area contributed by atoms with Crippen LogP contribution in [0.15, 0.2) is 53.4 Å². The van der Waals surface area contributed by atoms with Crippen LogP contribution in [0.25, 0.3) is 0 Å². The van der Waals surface area contributed by atoms with Crippen LogP contribution in [0.2, 0.25) is 10.0 Å². The van der Waals surface area contributed by atoms with Gasteiger partial charge in [0.1, 0.15) is 0 Å². The molecule has 136 valence electrons. The average molecular weight is 465 g/mol. The number of alkyl halides is 1. The summed E-state index contributed by atoms with van der Waals surface area (Å²) < 4.78 is 28.0. The molecule has 0 aliphatic rings. The van der Waals surface area contributed by atoms with Crippen LogP contribution in [0.5, 0.6) is 0 Å². The Labute approximate surface area is 168 Å². The third-order valence-electron chi connectivity index (χ3n) is 3.85. The molecule has 0 radical (unpaired) electrons. The first-order valence-corrected chi connectivity index (χ1v) is 11.3. The summed E-state index contributed by atoms with van der Waals surface area (Å²) in [7, 11) is -3.75. The molecule has 0 heterocycles. The SMILES string of the molecule is CC(CCCCBr)N(c1cc(Cl)ccc1Cl)S(=O)(=O)c1ccccc1. The van der Waals surface area contributed by atoms with Crippen LogP contribution in [0, 0.1) is 0 Å². The third-order valence-corrected chi connectivity index (χ3v) is 6.91. The van der Waals surface area contributed by atoms with E-state index in [1.165, 1.54) is 4.31 Å². The first-order valence-electron chi connectivity index (χ1n) is 7.98. The van der Waals surface area contributed by atoms with Gasteiger partial charge >= 0.3 is 0 Å². The molecule has 0 saturated heterocycles. The van der Waals surface area contributed by atoms with Crippen molar-refractivity contribution in [2.75, 3.05) is 9.64 Å². The van der Waals surface area contributed by atoms with E-state index in [4.69, 9.17) is 23.2 Å². The molecule has 2 aromatic rings. The second-order valence-corrected chi connectivity index (χ2v) is 9.19. The molecule has 0 aliphatic carbocycles. The Bertz CT molecular complexity index is 800. The van der Waals surface area contributed by atoms with Gasteiger partial charge in [0.15, 0.2) is 0 Å². The zero-order valence-electron chi connectivity index (χ0n) is 13.8. The highest BCUT2D eigenvalue weighted by Gasteiger charge is 2.30. The maximum absolute atomic E-state index is 13.3. The van der Waals surface area contributed by atoms with Crippen LogP contribution in [-0.4, -0.2) is 19.8 Å². The molecule has 1 atom stereocenters. The molecule has 0 saturated carbocycles. The molecule has 0 aromatic heterocycles. The number of halogens is 3. The van der Waals surface area contributed by atoms with E-state index in [1.54, 1.807) is 48.5 Å². The fourth-order valence-corrected chi connectivity index (χ4v) is 5.15. The molecule has 7 heteroatoms. The molecule has 0 aliphatic heterocycles. The van der Waals surface area contributed by atoms with E-state index in [-0.39, 0.29) is 10.9 Å². The average Bonchev–Trinajstić information content (AvgIpc) is 2.59. The summed E-state index contributed by atoms with van der Waals surface area (Å²) in [5, 5.41) is 1.69. The summed E-state index contributed by atoms with van der Waals surface area (Å²) in [5.41, 5.74) is 0.407. The highest BCUT2D eigenvalue weighted by atomic mass is 79.9. The molecule has 2 aromatic carbocycles. The zero-order chi connectivity index (χ0) is 18.4. The van der Waals surface area contributed by atoms with Gasteiger partial charge in [-0.1, -0.05) is 63.8 Å². The number of hydrogen-bond donors (Lipinski definition) is 0. The standard InChI is InChI=1S/C18H20BrCl2NO2S/c1-14(7-5-6-12-19)22(18-13-15(20)10-11-17(18)21)25(23,24)16-8-3-2-4-9-16/h2-4,8-11,13-14H,5-7,12H2,1H3. The lowest BCUT2D eigenvalue weighted by molar-refractivity contribution is 0.563. The molecule has 2 rings (SSSR count). The number of rotatable bonds is 8. The van der Waals surface area contributed by atoms with E-state index in [9.17, 15) is 8.42 Å². The molecule has 3 nitrogen and oxygen atoms in total. The van der Waals surface area contributed by atoms with Crippen molar-refractivity contribution in [3.8, 4) is 0 Å². The number of hydrogen-bond acceptors (Lipinski definition) is 2. The second-order valence-electron chi connectivity index (χ2n) is 5.74. The Morgan fingerprint density at radius 3 is 2.40 bits per heavy atom. The predicted molar refractivity (Wildman–Crippen MR) is 110 cm³/mol. The Balaban J connectivity index is 2.50. The van der Waals surface area contributed by atoms with Gasteiger partial charge in [-0.05, 0) is 50.1 Å². The third kappa shape index (κ3) is 5.13.